The number of aromatic nitrogens is 2. The van der Waals surface area contributed by atoms with Gasteiger partial charge in [0.1, 0.15) is 0 Å². The lowest BCUT2D eigenvalue weighted by atomic mass is 10.2. The van der Waals surface area contributed by atoms with E-state index in [0.29, 0.717) is 12.4 Å². The third kappa shape index (κ3) is 5.54. The Balaban J connectivity index is 2.11. The highest BCUT2D eigenvalue weighted by Crippen LogP contribution is 2.34. The number of hydrogen-bond acceptors (Lipinski definition) is 7. The van der Waals surface area contributed by atoms with Crippen LogP contribution in [0.5, 0.6) is 5.75 Å². The zero-order valence-corrected chi connectivity index (χ0v) is 17.2. The van der Waals surface area contributed by atoms with Crippen LogP contribution in [0.2, 0.25) is 10.0 Å². The number of benzene rings is 1. The number of unbranched alkanes of at least 4 members (excludes halogenated alkanes) is 2. The molecule has 0 unspecified atom stereocenters. The second kappa shape index (κ2) is 8.98. The first kappa shape index (κ1) is 20.9. The fourth-order valence-electron chi connectivity index (χ4n) is 1.93. The lowest BCUT2D eigenvalue weighted by Crippen LogP contribution is -2.12. The van der Waals surface area contributed by atoms with Gasteiger partial charge >= 0.3 is 0 Å². The minimum absolute atomic E-state index is 0.0579. The molecule has 7 nitrogen and oxygen atoms in total. The third-order valence-electron chi connectivity index (χ3n) is 3.20. The van der Waals surface area contributed by atoms with Crippen molar-refractivity contribution in [2.24, 2.45) is 0 Å². The molecule has 0 aliphatic heterocycles. The molecule has 2 aromatic rings. The van der Waals surface area contributed by atoms with Gasteiger partial charge in [0.25, 0.3) is 5.91 Å². The molecule has 1 N–H and O–H groups in total. The number of nitrogens with zero attached hydrogens (tertiary/aromatic N) is 2. The smallest absolute Gasteiger partial charge is 0.257 e. The zero-order chi connectivity index (χ0) is 19.3. The molecule has 0 spiro atoms. The molecule has 0 saturated heterocycles. The quantitative estimate of drug-likeness (QED) is 0.493. The van der Waals surface area contributed by atoms with E-state index < -0.39 is 15.7 Å². The monoisotopic (exact) mass is 437 g/mol. The molecule has 0 aliphatic carbocycles. The van der Waals surface area contributed by atoms with E-state index in [0.717, 1.165) is 36.9 Å². The molecule has 0 aliphatic rings. The highest BCUT2D eigenvalue weighted by atomic mass is 35.5. The summed E-state index contributed by atoms with van der Waals surface area (Å²) in [5.74, 6) is -0.209. The van der Waals surface area contributed by atoms with Gasteiger partial charge in [-0.3, -0.25) is 10.1 Å². The fourth-order valence-corrected chi connectivity index (χ4v) is 4.03. The summed E-state index contributed by atoms with van der Waals surface area (Å²) in [5.41, 5.74) is 0.192. The third-order valence-corrected chi connectivity index (χ3v) is 6.27. The van der Waals surface area contributed by atoms with Gasteiger partial charge in [-0.05, 0) is 18.6 Å². The summed E-state index contributed by atoms with van der Waals surface area (Å²) < 4.78 is 28.2. The van der Waals surface area contributed by atoms with E-state index in [1.165, 1.54) is 12.1 Å². The Morgan fingerprint density at radius 2 is 1.88 bits per heavy atom. The normalized spacial score (nSPS) is 11.4. The molecule has 0 bridgehead atoms. The SMILES string of the molecule is CCCCCOc1c(Cl)cc(C(=O)Nc2nnc(S(C)(=O)=O)s2)cc1Cl. The second-order valence-electron chi connectivity index (χ2n) is 5.42. The molecular formula is C15H17Cl2N3O4S2. The molecule has 1 aromatic heterocycles. The number of hydrogen-bond donors (Lipinski definition) is 1. The average molecular weight is 438 g/mol. The van der Waals surface area contributed by atoms with Crippen LogP contribution in [0.4, 0.5) is 5.13 Å². The van der Waals surface area contributed by atoms with Gasteiger partial charge < -0.3 is 4.74 Å². The Bertz CT molecular complexity index is 877. The van der Waals surface area contributed by atoms with Crippen LogP contribution < -0.4 is 10.1 Å². The highest BCUT2D eigenvalue weighted by Gasteiger charge is 2.18. The lowest BCUT2D eigenvalue weighted by molar-refractivity contribution is 0.102. The van der Waals surface area contributed by atoms with Crippen LogP contribution in [0.1, 0.15) is 36.5 Å². The Morgan fingerprint density at radius 3 is 2.42 bits per heavy atom. The maximum Gasteiger partial charge on any atom is 0.257 e. The number of ether oxygens (including phenoxy) is 1. The Morgan fingerprint density at radius 1 is 1.23 bits per heavy atom. The summed E-state index contributed by atoms with van der Waals surface area (Å²) in [5, 5.41) is 10.1. The summed E-state index contributed by atoms with van der Waals surface area (Å²) in [6, 6.07) is 2.85. The van der Waals surface area contributed by atoms with Crippen LogP contribution in [0.3, 0.4) is 0 Å². The molecular weight excluding hydrogens is 421 g/mol. The number of anilines is 1. The molecule has 26 heavy (non-hydrogen) atoms. The van der Waals surface area contributed by atoms with Crippen LogP contribution in [0.15, 0.2) is 16.5 Å². The maximum atomic E-state index is 12.3. The number of amides is 1. The molecule has 1 aromatic carbocycles. The van der Waals surface area contributed by atoms with Crippen LogP contribution >= 0.6 is 34.5 Å². The lowest BCUT2D eigenvalue weighted by Gasteiger charge is -2.11. The molecule has 0 atom stereocenters. The molecule has 2 rings (SSSR count). The van der Waals surface area contributed by atoms with Gasteiger partial charge in [-0.15, -0.1) is 10.2 Å². The van der Waals surface area contributed by atoms with E-state index in [2.05, 4.69) is 22.4 Å². The first-order valence-corrected chi connectivity index (χ1v) is 11.2. The van der Waals surface area contributed by atoms with Crippen molar-refractivity contribution >= 4 is 55.4 Å². The standard InChI is InChI=1S/C15H17Cl2N3O4S2/c1-3-4-5-6-24-12-10(16)7-9(8-11(12)17)13(21)18-14-19-20-15(25-14)26(2,22)23/h7-8H,3-6H2,1-2H3,(H,18,19,21). The molecule has 11 heteroatoms. The van der Waals surface area contributed by atoms with E-state index in [1.807, 2.05) is 0 Å². The van der Waals surface area contributed by atoms with Crippen molar-refractivity contribution in [1.82, 2.24) is 10.2 Å². The number of halogens is 2. The fraction of sp³-hybridized carbons (Fsp3) is 0.400. The van der Waals surface area contributed by atoms with Crippen molar-refractivity contribution in [2.45, 2.75) is 30.5 Å². The molecule has 0 radical (unpaired) electrons. The van der Waals surface area contributed by atoms with Gasteiger partial charge in [0.05, 0.1) is 16.7 Å². The first-order chi connectivity index (χ1) is 12.2. The van der Waals surface area contributed by atoms with E-state index in [4.69, 9.17) is 27.9 Å². The summed E-state index contributed by atoms with van der Waals surface area (Å²) >= 11 is 13.1. The van der Waals surface area contributed by atoms with Crippen molar-refractivity contribution in [3.8, 4) is 5.75 Å². The van der Waals surface area contributed by atoms with Crippen LogP contribution in [0, 0.1) is 0 Å². The van der Waals surface area contributed by atoms with E-state index in [9.17, 15) is 13.2 Å². The van der Waals surface area contributed by atoms with Crippen LogP contribution in [-0.4, -0.2) is 37.4 Å². The van der Waals surface area contributed by atoms with Gasteiger partial charge in [-0.2, -0.15) is 0 Å². The molecule has 1 amide bonds. The predicted octanol–water partition coefficient (Wildman–Crippen LogP) is 4.07. The van der Waals surface area contributed by atoms with Crippen molar-refractivity contribution in [1.29, 1.82) is 0 Å². The number of carbonyl (C=O) groups is 1. The summed E-state index contributed by atoms with van der Waals surface area (Å²) in [6.45, 7) is 2.57. The van der Waals surface area contributed by atoms with Gasteiger partial charge in [-0.25, -0.2) is 8.42 Å². The Labute approximate surface area is 165 Å². The predicted molar refractivity (Wildman–Crippen MR) is 102 cm³/mol. The molecule has 0 fully saturated rings. The zero-order valence-electron chi connectivity index (χ0n) is 14.1. The molecule has 0 saturated carbocycles. The summed E-state index contributed by atoms with van der Waals surface area (Å²) in [4.78, 5) is 12.3. The molecule has 1 heterocycles. The Kier molecular flexibility index (Phi) is 7.22. The van der Waals surface area contributed by atoms with E-state index >= 15 is 0 Å². The first-order valence-electron chi connectivity index (χ1n) is 7.69. The minimum atomic E-state index is -3.48. The summed E-state index contributed by atoms with van der Waals surface area (Å²) in [6.07, 6.45) is 3.99. The summed E-state index contributed by atoms with van der Waals surface area (Å²) in [7, 11) is -3.48. The van der Waals surface area contributed by atoms with E-state index in [1.54, 1.807) is 0 Å². The highest BCUT2D eigenvalue weighted by molar-refractivity contribution is 7.92. The Hall–Kier alpha value is -1.42. The maximum absolute atomic E-state index is 12.3. The topological polar surface area (TPSA) is 98.2 Å². The second-order valence-corrected chi connectivity index (χ2v) is 9.41. The number of nitrogens with one attached hydrogen (secondary N) is 1. The minimum Gasteiger partial charge on any atom is -0.490 e. The van der Waals surface area contributed by atoms with Gasteiger partial charge in [0, 0.05) is 11.8 Å². The van der Waals surface area contributed by atoms with E-state index in [-0.39, 0.29) is 25.1 Å². The van der Waals surface area contributed by atoms with Crippen LogP contribution in [-0.2, 0) is 9.84 Å². The number of carbonyl (C=O) groups excluding carboxylic acids is 1. The van der Waals surface area contributed by atoms with Crippen molar-refractivity contribution in [3.05, 3.63) is 27.7 Å². The van der Waals surface area contributed by atoms with Gasteiger partial charge in [0.15, 0.2) is 5.75 Å². The molecule has 142 valence electrons. The van der Waals surface area contributed by atoms with Crippen molar-refractivity contribution < 1.29 is 17.9 Å². The van der Waals surface area contributed by atoms with Crippen molar-refractivity contribution in [2.75, 3.05) is 18.2 Å². The van der Waals surface area contributed by atoms with Crippen molar-refractivity contribution in [3.63, 3.8) is 0 Å². The number of sulfone groups is 1. The largest absolute Gasteiger partial charge is 0.490 e. The number of rotatable bonds is 8. The average Bonchev–Trinajstić information content (AvgIpc) is 3.02. The van der Waals surface area contributed by atoms with Crippen LogP contribution in [0.25, 0.3) is 0 Å². The van der Waals surface area contributed by atoms with Gasteiger partial charge in [0.2, 0.25) is 19.3 Å². The van der Waals surface area contributed by atoms with Gasteiger partial charge in [-0.1, -0.05) is 54.3 Å².